The summed E-state index contributed by atoms with van der Waals surface area (Å²) in [4.78, 5) is 4.60. The number of benzene rings is 1. The summed E-state index contributed by atoms with van der Waals surface area (Å²) in [7, 11) is 0. The van der Waals surface area contributed by atoms with Crippen molar-refractivity contribution in [1.82, 2.24) is 10.6 Å². The molecule has 0 heterocycles. The van der Waals surface area contributed by atoms with Gasteiger partial charge in [0.2, 0.25) is 0 Å². The largest absolute Gasteiger partial charge is 0.381 e. The van der Waals surface area contributed by atoms with Gasteiger partial charge in [-0.15, -0.1) is 0 Å². The number of ether oxygens (including phenoxy) is 1. The highest BCUT2D eigenvalue weighted by Gasteiger charge is 2.21. The minimum Gasteiger partial charge on any atom is -0.381 e. The summed E-state index contributed by atoms with van der Waals surface area (Å²) in [5, 5.41) is 6.72. The Morgan fingerprint density at radius 2 is 2.00 bits per heavy atom. The normalized spacial score (nSPS) is 14.9. The van der Waals surface area contributed by atoms with Gasteiger partial charge in [0.1, 0.15) is 0 Å². The van der Waals surface area contributed by atoms with Crippen molar-refractivity contribution in [2.75, 3.05) is 26.3 Å². The molecule has 2 N–H and O–H groups in total. The fourth-order valence-electron chi connectivity index (χ4n) is 2.18. The quantitative estimate of drug-likeness (QED) is 0.397. The average Bonchev–Trinajstić information content (AvgIpc) is 3.35. The van der Waals surface area contributed by atoms with Gasteiger partial charge in [-0.2, -0.15) is 0 Å². The van der Waals surface area contributed by atoms with Crippen molar-refractivity contribution in [2.24, 2.45) is 4.99 Å². The first-order chi connectivity index (χ1) is 10.9. The Bertz CT molecular complexity index is 429. The molecular formula is C18H29N3O. The molecule has 1 aliphatic carbocycles. The van der Waals surface area contributed by atoms with E-state index in [2.05, 4.69) is 46.8 Å². The van der Waals surface area contributed by atoms with Gasteiger partial charge >= 0.3 is 0 Å². The van der Waals surface area contributed by atoms with Crippen LogP contribution >= 0.6 is 0 Å². The van der Waals surface area contributed by atoms with E-state index < -0.39 is 0 Å². The monoisotopic (exact) mass is 303 g/mol. The molecule has 22 heavy (non-hydrogen) atoms. The smallest absolute Gasteiger partial charge is 0.191 e. The third-order valence-electron chi connectivity index (χ3n) is 3.61. The van der Waals surface area contributed by atoms with E-state index in [-0.39, 0.29) is 0 Å². The second-order valence-corrected chi connectivity index (χ2v) is 5.73. The first-order valence-electron chi connectivity index (χ1n) is 8.55. The zero-order chi connectivity index (χ0) is 15.5. The SMILES string of the molecule is CCNC(=NCCCCOCCc1ccccc1)NC1CC1. The predicted molar refractivity (Wildman–Crippen MR) is 92.3 cm³/mol. The molecule has 0 saturated heterocycles. The second kappa shape index (κ2) is 10.2. The Morgan fingerprint density at radius 1 is 1.18 bits per heavy atom. The van der Waals surface area contributed by atoms with Gasteiger partial charge in [-0.1, -0.05) is 30.3 Å². The molecule has 1 aromatic rings. The van der Waals surface area contributed by atoms with Gasteiger partial charge in [0.15, 0.2) is 5.96 Å². The van der Waals surface area contributed by atoms with Gasteiger partial charge in [-0.3, -0.25) is 4.99 Å². The molecule has 0 unspecified atom stereocenters. The van der Waals surface area contributed by atoms with Crippen LogP contribution < -0.4 is 10.6 Å². The maximum absolute atomic E-state index is 5.69. The van der Waals surface area contributed by atoms with Crippen LogP contribution in [0.25, 0.3) is 0 Å². The van der Waals surface area contributed by atoms with E-state index in [4.69, 9.17) is 4.74 Å². The fourth-order valence-corrected chi connectivity index (χ4v) is 2.18. The van der Waals surface area contributed by atoms with Crippen molar-refractivity contribution in [3.8, 4) is 0 Å². The summed E-state index contributed by atoms with van der Waals surface area (Å²) in [5.41, 5.74) is 1.34. The number of unbranched alkanes of at least 4 members (excludes halogenated alkanes) is 1. The summed E-state index contributed by atoms with van der Waals surface area (Å²) in [6.45, 7) is 5.52. The lowest BCUT2D eigenvalue weighted by molar-refractivity contribution is 0.134. The molecule has 0 aliphatic heterocycles. The summed E-state index contributed by atoms with van der Waals surface area (Å²) < 4.78 is 5.69. The molecule has 1 aliphatic rings. The van der Waals surface area contributed by atoms with Crippen LogP contribution in [0.15, 0.2) is 35.3 Å². The minimum absolute atomic E-state index is 0.652. The third-order valence-corrected chi connectivity index (χ3v) is 3.61. The first-order valence-corrected chi connectivity index (χ1v) is 8.55. The molecule has 122 valence electrons. The van der Waals surface area contributed by atoms with E-state index in [9.17, 15) is 0 Å². The lowest BCUT2D eigenvalue weighted by atomic mass is 10.2. The molecule has 1 aromatic carbocycles. The summed E-state index contributed by atoms with van der Waals surface area (Å²) >= 11 is 0. The van der Waals surface area contributed by atoms with Crippen molar-refractivity contribution in [2.45, 2.75) is 45.1 Å². The van der Waals surface area contributed by atoms with E-state index in [0.717, 1.165) is 51.5 Å². The van der Waals surface area contributed by atoms with Crippen LogP contribution in [0.1, 0.15) is 38.2 Å². The van der Waals surface area contributed by atoms with Gasteiger partial charge in [0.25, 0.3) is 0 Å². The maximum Gasteiger partial charge on any atom is 0.191 e. The number of hydrogen-bond acceptors (Lipinski definition) is 2. The van der Waals surface area contributed by atoms with E-state index in [1.165, 1.54) is 18.4 Å². The Hall–Kier alpha value is -1.55. The number of rotatable bonds is 10. The van der Waals surface area contributed by atoms with Crippen LogP contribution in [-0.2, 0) is 11.2 Å². The molecule has 0 atom stereocenters. The molecule has 1 saturated carbocycles. The molecule has 1 fully saturated rings. The predicted octanol–water partition coefficient (Wildman–Crippen LogP) is 2.74. The molecule has 0 radical (unpaired) electrons. The zero-order valence-electron chi connectivity index (χ0n) is 13.7. The number of nitrogens with one attached hydrogen (secondary N) is 2. The van der Waals surface area contributed by atoms with Crippen LogP contribution in [0.5, 0.6) is 0 Å². The van der Waals surface area contributed by atoms with Gasteiger partial charge in [-0.05, 0) is 44.6 Å². The van der Waals surface area contributed by atoms with Crippen molar-refractivity contribution in [3.05, 3.63) is 35.9 Å². The highest BCUT2D eigenvalue weighted by Crippen LogP contribution is 2.18. The van der Waals surface area contributed by atoms with Crippen LogP contribution in [0.2, 0.25) is 0 Å². The summed E-state index contributed by atoms with van der Waals surface area (Å²) in [5.74, 6) is 0.968. The van der Waals surface area contributed by atoms with E-state index in [1.807, 2.05) is 6.07 Å². The fraction of sp³-hybridized carbons (Fsp3) is 0.611. The van der Waals surface area contributed by atoms with Crippen LogP contribution in [0.4, 0.5) is 0 Å². The first kappa shape index (κ1) is 16.8. The van der Waals surface area contributed by atoms with Gasteiger partial charge in [0, 0.05) is 25.7 Å². The lowest BCUT2D eigenvalue weighted by Gasteiger charge is -2.10. The molecule has 0 spiro atoms. The molecular weight excluding hydrogens is 274 g/mol. The maximum atomic E-state index is 5.69. The molecule has 0 amide bonds. The van der Waals surface area contributed by atoms with Crippen LogP contribution in [0, 0.1) is 0 Å². The third kappa shape index (κ3) is 7.46. The second-order valence-electron chi connectivity index (χ2n) is 5.73. The van der Waals surface area contributed by atoms with Crippen LogP contribution in [-0.4, -0.2) is 38.3 Å². The molecule has 2 rings (SSSR count). The van der Waals surface area contributed by atoms with Gasteiger partial charge in [0.05, 0.1) is 6.61 Å². The molecule has 4 nitrogen and oxygen atoms in total. The Labute approximate surface area is 134 Å². The highest BCUT2D eigenvalue weighted by atomic mass is 16.5. The number of guanidine groups is 1. The lowest BCUT2D eigenvalue weighted by Crippen LogP contribution is -2.38. The van der Waals surface area contributed by atoms with Crippen molar-refractivity contribution >= 4 is 5.96 Å². The van der Waals surface area contributed by atoms with Crippen molar-refractivity contribution in [1.29, 1.82) is 0 Å². The Morgan fingerprint density at radius 3 is 2.73 bits per heavy atom. The summed E-state index contributed by atoms with van der Waals surface area (Å²) in [6.07, 6.45) is 5.70. The Kier molecular flexibility index (Phi) is 7.81. The van der Waals surface area contributed by atoms with Crippen molar-refractivity contribution in [3.63, 3.8) is 0 Å². The number of nitrogens with zero attached hydrogens (tertiary/aromatic N) is 1. The standard InChI is InChI=1S/C18H29N3O/c1-2-19-18(21-17-10-11-17)20-13-6-7-14-22-15-12-16-8-4-3-5-9-16/h3-5,8-9,17H,2,6-7,10-15H2,1H3,(H2,19,20,21). The zero-order valence-corrected chi connectivity index (χ0v) is 13.7. The van der Waals surface area contributed by atoms with E-state index >= 15 is 0 Å². The molecule has 0 aromatic heterocycles. The highest BCUT2D eigenvalue weighted by molar-refractivity contribution is 5.80. The molecule has 4 heteroatoms. The Balaban J connectivity index is 1.47. The van der Waals surface area contributed by atoms with Gasteiger partial charge in [-0.25, -0.2) is 0 Å². The van der Waals surface area contributed by atoms with Crippen molar-refractivity contribution < 1.29 is 4.74 Å². The average molecular weight is 303 g/mol. The van der Waals surface area contributed by atoms with Gasteiger partial charge < -0.3 is 15.4 Å². The topological polar surface area (TPSA) is 45.7 Å². The number of aliphatic imine (C=N–C) groups is 1. The summed E-state index contributed by atoms with van der Waals surface area (Å²) in [6, 6.07) is 11.1. The molecule has 0 bridgehead atoms. The van der Waals surface area contributed by atoms with Crippen LogP contribution in [0.3, 0.4) is 0 Å². The minimum atomic E-state index is 0.652. The van der Waals surface area contributed by atoms with E-state index in [0.29, 0.717) is 6.04 Å². The van der Waals surface area contributed by atoms with E-state index in [1.54, 1.807) is 0 Å². The number of hydrogen-bond donors (Lipinski definition) is 2.